The van der Waals surface area contributed by atoms with Crippen molar-refractivity contribution in [2.24, 2.45) is 0 Å². The van der Waals surface area contributed by atoms with Crippen molar-refractivity contribution in [3.63, 3.8) is 0 Å². The summed E-state index contributed by atoms with van der Waals surface area (Å²) in [5, 5.41) is 3.47. The summed E-state index contributed by atoms with van der Waals surface area (Å²) in [4.78, 5) is 21.2. The van der Waals surface area contributed by atoms with Gasteiger partial charge < -0.3 is 5.32 Å². The average Bonchev–Trinajstić information content (AvgIpc) is 2.69. The highest BCUT2D eigenvalue weighted by Crippen LogP contribution is 2.30. The van der Waals surface area contributed by atoms with Crippen LogP contribution in [0.25, 0.3) is 16.6 Å². The monoisotopic (exact) mass is 416 g/mol. The number of fused-ring (bicyclic) bond motifs is 1. The lowest BCUT2D eigenvalue weighted by Crippen LogP contribution is -2.23. The number of para-hydroxylation sites is 1. The molecular weight excluding hydrogens is 405 g/mol. The fraction of sp³-hybridized carbons (Fsp3) is 0.0500. The molecule has 0 atom stereocenters. The maximum absolute atomic E-state index is 13.2. The number of nitrogens with zero attached hydrogens (tertiary/aromatic N) is 3. The minimum Gasteiger partial charge on any atom is -0.325 e. The molecule has 0 aliphatic carbocycles. The normalized spacial score (nSPS) is 11.6. The maximum atomic E-state index is 13.2. The van der Waals surface area contributed by atoms with Crippen LogP contribution in [0, 0.1) is 0 Å². The van der Waals surface area contributed by atoms with Crippen molar-refractivity contribution in [1.29, 1.82) is 0 Å². The van der Waals surface area contributed by atoms with Gasteiger partial charge in [-0.05, 0) is 36.4 Å². The van der Waals surface area contributed by atoms with Crippen molar-refractivity contribution in [3.05, 3.63) is 87.9 Å². The molecule has 29 heavy (non-hydrogen) atoms. The second-order valence-electron chi connectivity index (χ2n) is 6.16. The topological polar surface area (TPSA) is 59.8 Å². The van der Waals surface area contributed by atoms with E-state index in [1.54, 1.807) is 36.4 Å². The Balaban J connectivity index is 1.99. The van der Waals surface area contributed by atoms with Crippen LogP contribution in [0.3, 0.4) is 0 Å². The van der Waals surface area contributed by atoms with E-state index in [1.165, 1.54) is 12.3 Å². The first-order valence-corrected chi connectivity index (χ1v) is 8.78. The molecule has 0 fully saturated rings. The van der Waals surface area contributed by atoms with Gasteiger partial charge in [0.25, 0.3) is 5.56 Å². The summed E-state index contributed by atoms with van der Waals surface area (Å²) in [5.41, 5.74) is -0.649. The molecule has 2 aromatic heterocycles. The Morgan fingerprint density at radius 2 is 1.76 bits per heavy atom. The zero-order valence-electron chi connectivity index (χ0n) is 14.6. The summed E-state index contributed by atoms with van der Waals surface area (Å²) in [7, 11) is 0. The van der Waals surface area contributed by atoms with E-state index in [2.05, 4.69) is 15.3 Å². The molecule has 0 aliphatic rings. The smallest absolute Gasteiger partial charge is 0.325 e. The molecule has 0 radical (unpaired) electrons. The molecule has 9 heteroatoms. The number of anilines is 2. The van der Waals surface area contributed by atoms with Crippen LogP contribution < -0.4 is 10.9 Å². The van der Waals surface area contributed by atoms with Crippen molar-refractivity contribution in [2.45, 2.75) is 6.18 Å². The highest BCUT2D eigenvalue weighted by Gasteiger charge is 2.31. The van der Waals surface area contributed by atoms with Crippen LogP contribution >= 0.6 is 11.6 Å². The molecule has 2 aromatic carbocycles. The third-order valence-corrected chi connectivity index (χ3v) is 4.40. The standard InChI is InChI=1S/C20H12ClF3N4O/c21-13-6-7-17-16(9-13)18(29)28(15-8-12(10-25-11-15)20(22,23)24)19(27-17)26-14-4-2-1-3-5-14/h1-11H,(H,26,27). The van der Waals surface area contributed by atoms with Crippen LogP contribution in [0.15, 0.2) is 71.8 Å². The van der Waals surface area contributed by atoms with Gasteiger partial charge in [0.15, 0.2) is 0 Å². The summed E-state index contributed by atoms with van der Waals surface area (Å²) >= 11 is 5.99. The van der Waals surface area contributed by atoms with Crippen molar-refractivity contribution in [1.82, 2.24) is 14.5 Å². The van der Waals surface area contributed by atoms with E-state index < -0.39 is 17.3 Å². The van der Waals surface area contributed by atoms with Gasteiger partial charge in [0.1, 0.15) is 0 Å². The average molecular weight is 417 g/mol. The van der Waals surface area contributed by atoms with Crippen molar-refractivity contribution in [2.75, 3.05) is 5.32 Å². The second-order valence-corrected chi connectivity index (χ2v) is 6.59. The molecular formula is C20H12ClF3N4O. The molecule has 4 aromatic rings. The first-order valence-electron chi connectivity index (χ1n) is 8.40. The van der Waals surface area contributed by atoms with Crippen molar-refractivity contribution in [3.8, 4) is 5.69 Å². The van der Waals surface area contributed by atoms with Crippen molar-refractivity contribution < 1.29 is 13.2 Å². The summed E-state index contributed by atoms with van der Waals surface area (Å²) in [6, 6.07) is 14.3. The van der Waals surface area contributed by atoms with E-state index in [0.29, 0.717) is 22.4 Å². The van der Waals surface area contributed by atoms with Gasteiger partial charge in [0.05, 0.1) is 28.4 Å². The fourth-order valence-corrected chi connectivity index (χ4v) is 3.01. The van der Waals surface area contributed by atoms with E-state index in [9.17, 15) is 18.0 Å². The first-order chi connectivity index (χ1) is 13.8. The number of nitrogens with one attached hydrogen (secondary N) is 1. The lowest BCUT2D eigenvalue weighted by Gasteiger charge is -2.16. The Morgan fingerprint density at radius 1 is 1.00 bits per heavy atom. The molecule has 0 aliphatic heterocycles. The fourth-order valence-electron chi connectivity index (χ4n) is 2.84. The van der Waals surface area contributed by atoms with Crippen molar-refractivity contribution >= 4 is 34.1 Å². The number of rotatable bonds is 3. The number of halogens is 4. The van der Waals surface area contributed by atoms with Gasteiger partial charge in [-0.3, -0.25) is 9.78 Å². The van der Waals surface area contributed by atoms with Gasteiger partial charge in [-0.15, -0.1) is 0 Å². The molecule has 0 amide bonds. The number of benzene rings is 2. The van der Waals surface area contributed by atoms with Crippen LogP contribution in [0.5, 0.6) is 0 Å². The lowest BCUT2D eigenvalue weighted by molar-refractivity contribution is -0.137. The number of hydrogen-bond acceptors (Lipinski definition) is 4. The Morgan fingerprint density at radius 3 is 2.48 bits per heavy atom. The molecule has 146 valence electrons. The Kier molecular flexibility index (Phi) is 4.71. The largest absolute Gasteiger partial charge is 0.417 e. The highest BCUT2D eigenvalue weighted by atomic mass is 35.5. The van der Waals surface area contributed by atoms with Crippen LogP contribution in [-0.2, 0) is 6.18 Å². The molecule has 4 rings (SSSR count). The predicted octanol–water partition coefficient (Wildman–Crippen LogP) is 5.20. The summed E-state index contributed by atoms with van der Waals surface area (Å²) < 4.78 is 40.5. The Labute approximate surface area is 167 Å². The lowest BCUT2D eigenvalue weighted by atomic mass is 10.2. The zero-order chi connectivity index (χ0) is 20.6. The van der Waals surface area contributed by atoms with Crippen LogP contribution in [0.2, 0.25) is 5.02 Å². The molecule has 0 saturated heterocycles. The molecule has 0 saturated carbocycles. The third-order valence-electron chi connectivity index (χ3n) is 4.17. The van der Waals surface area contributed by atoms with E-state index in [1.807, 2.05) is 6.07 Å². The van der Waals surface area contributed by atoms with Gasteiger partial charge in [-0.1, -0.05) is 29.8 Å². The zero-order valence-corrected chi connectivity index (χ0v) is 15.4. The Bertz CT molecular complexity index is 1260. The SMILES string of the molecule is O=c1c2cc(Cl)ccc2nc(Nc2ccccc2)n1-c1cncc(C(F)(F)F)c1. The summed E-state index contributed by atoms with van der Waals surface area (Å²) in [5.74, 6) is 0.0529. The number of alkyl halides is 3. The number of pyridine rings is 1. The molecule has 2 heterocycles. The van der Waals surface area contributed by atoms with Gasteiger partial charge in [-0.25, -0.2) is 9.55 Å². The number of hydrogen-bond donors (Lipinski definition) is 1. The maximum Gasteiger partial charge on any atom is 0.417 e. The second kappa shape index (κ2) is 7.21. The van der Waals surface area contributed by atoms with E-state index in [-0.39, 0.29) is 17.0 Å². The van der Waals surface area contributed by atoms with E-state index in [4.69, 9.17) is 11.6 Å². The van der Waals surface area contributed by atoms with Crippen LogP contribution in [0.1, 0.15) is 5.56 Å². The molecule has 0 unspecified atom stereocenters. The molecule has 0 bridgehead atoms. The van der Waals surface area contributed by atoms with E-state index in [0.717, 1.165) is 10.6 Å². The first kappa shape index (κ1) is 18.9. The van der Waals surface area contributed by atoms with Gasteiger partial charge >= 0.3 is 6.18 Å². The van der Waals surface area contributed by atoms with Gasteiger partial charge in [-0.2, -0.15) is 13.2 Å². The highest BCUT2D eigenvalue weighted by molar-refractivity contribution is 6.31. The molecule has 1 N–H and O–H groups in total. The third kappa shape index (κ3) is 3.79. The minimum atomic E-state index is -4.60. The quantitative estimate of drug-likeness (QED) is 0.499. The number of aromatic nitrogens is 3. The van der Waals surface area contributed by atoms with Gasteiger partial charge in [0, 0.05) is 16.9 Å². The van der Waals surface area contributed by atoms with Gasteiger partial charge in [0.2, 0.25) is 5.95 Å². The van der Waals surface area contributed by atoms with Crippen LogP contribution in [0.4, 0.5) is 24.8 Å². The summed E-state index contributed by atoms with van der Waals surface area (Å²) in [6.45, 7) is 0. The van der Waals surface area contributed by atoms with E-state index >= 15 is 0 Å². The molecule has 5 nitrogen and oxygen atoms in total. The predicted molar refractivity (Wildman–Crippen MR) is 105 cm³/mol. The van der Waals surface area contributed by atoms with Crippen LogP contribution in [-0.4, -0.2) is 14.5 Å². The summed E-state index contributed by atoms with van der Waals surface area (Å²) in [6.07, 6.45) is -2.73. The Hall–Kier alpha value is -3.39. The minimum absolute atomic E-state index is 0.0529. The molecule has 0 spiro atoms.